The molecule has 0 aliphatic carbocycles. The summed E-state index contributed by atoms with van der Waals surface area (Å²) in [6.07, 6.45) is 0. The zero-order valence-electron chi connectivity index (χ0n) is 14.9. The zero-order chi connectivity index (χ0) is 20.3. The minimum atomic E-state index is -3.69. The predicted molar refractivity (Wildman–Crippen MR) is 104 cm³/mol. The lowest BCUT2D eigenvalue weighted by Gasteiger charge is -2.12. The molecule has 0 aliphatic heterocycles. The number of esters is 1. The number of rotatable bonds is 6. The Kier molecular flexibility index (Phi) is 5.68. The molecule has 1 heterocycles. The lowest BCUT2D eigenvalue weighted by Crippen LogP contribution is -2.23. The van der Waals surface area contributed by atoms with Gasteiger partial charge in [0.2, 0.25) is 10.0 Å². The Morgan fingerprint density at radius 3 is 2.64 bits per heavy atom. The molecule has 0 atom stereocenters. The molecule has 3 aromatic rings. The average Bonchev–Trinajstić information content (AvgIpc) is 3.16. The topological polar surface area (TPSA) is 119 Å². The molecule has 0 saturated carbocycles. The van der Waals surface area contributed by atoms with E-state index in [0.717, 1.165) is 16.0 Å². The van der Waals surface area contributed by atoms with E-state index in [1.807, 2.05) is 0 Å². The van der Waals surface area contributed by atoms with Gasteiger partial charge in [-0.2, -0.15) is 8.75 Å². The van der Waals surface area contributed by atoms with Gasteiger partial charge in [-0.3, -0.25) is 4.79 Å². The molecule has 0 saturated heterocycles. The molecular weight excluding hydrogens is 404 g/mol. The lowest BCUT2D eigenvalue weighted by molar-refractivity contribution is -0.119. The second-order valence-corrected chi connectivity index (χ2v) is 8.56. The number of carbonyl (C=O) groups excluding carboxylic acids is 2. The van der Waals surface area contributed by atoms with Gasteiger partial charge in [0.1, 0.15) is 11.0 Å². The van der Waals surface area contributed by atoms with Crippen LogP contribution >= 0.6 is 11.7 Å². The molecule has 146 valence electrons. The maximum absolute atomic E-state index is 12.2. The number of hydrogen-bond donors (Lipinski definition) is 1. The maximum Gasteiger partial charge on any atom is 0.338 e. The van der Waals surface area contributed by atoms with Crippen LogP contribution in [0.4, 0.5) is 5.69 Å². The first-order chi connectivity index (χ1) is 13.3. The van der Waals surface area contributed by atoms with E-state index >= 15 is 0 Å². The predicted octanol–water partition coefficient (Wildman–Crippen LogP) is 1.74. The first-order valence-electron chi connectivity index (χ1n) is 8.00. The Balaban J connectivity index is 1.66. The number of nitrogens with zero attached hydrogens (tertiary/aromatic N) is 3. The van der Waals surface area contributed by atoms with E-state index in [0.29, 0.717) is 16.7 Å². The number of fused-ring (bicyclic) bond motifs is 1. The van der Waals surface area contributed by atoms with E-state index in [4.69, 9.17) is 4.74 Å². The molecule has 28 heavy (non-hydrogen) atoms. The largest absolute Gasteiger partial charge is 0.452 e. The average molecular weight is 420 g/mol. The summed E-state index contributed by atoms with van der Waals surface area (Å²) in [6.45, 7) is -0.530. The molecule has 0 unspecified atom stereocenters. The molecule has 11 heteroatoms. The van der Waals surface area contributed by atoms with Crippen molar-refractivity contribution >= 4 is 50.3 Å². The summed E-state index contributed by atoms with van der Waals surface area (Å²) in [5, 5.41) is 2.61. The number of amides is 1. The third-order valence-corrected chi connectivity index (χ3v) is 6.10. The van der Waals surface area contributed by atoms with Crippen molar-refractivity contribution in [3.05, 3.63) is 48.0 Å². The van der Waals surface area contributed by atoms with Crippen molar-refractivity contribution in [2.45, 2.75) is 4.90 Å². The minimum Gasteiger partial charge on any atom is -0.452 e. The molecule has 0 radical (unpaired) electrons. The number of carbonyl (C=O) groups is 2. The van der Waals surface area contributed by atoms with Gasteiger partial charge in [0.15, 0.2) is 6.61 Å². The Labute approximate surface area is 165 Å². The van der Waals surface area contributed by atoms with Gasteiger partial charge in [0.25, 0.3) is 5.91 Å². The van der Waals surface area contributed by atoms with Crippen LogP contribution in [0.25, 0.3) is 11.0 Å². The van der Waals surface area contributed by atoms with E-state index in [2.05, 4.69) is 14.1 Å². The highest BCUT2D eigenvalue weighted by Crippen LogP contribution is 2.21. The molecule has 2 aromatic carbocycles. The summed E-state index contributed by atoms with van der Waals surface area (Å²) in [7, 11) is -0.902. The molecule has 0 bridgehead atoms. The smallest absolute Gasteiger partial charge is 0.338 e. The van der Waals surface area contributed by atoms with Gasteiger partial charge in [-0.1, -0.05) is 12.1 Å². The highest BCUT2D eigenvalue weighted by atomic mass is 32.2. The van der Waals surface area contributed by atoms with Crippen LogP contribution < -0.4 is 5.32 Å². The quantitative estimate of drug-likeness (QED) is 0.603. The number of ether oxygens (including phenoxy) is 1. The highest BCUT2D eigenvalue weighted by molar-refractivity contribution is 7.89. The van der Waals surface area contributed by atoms with Crippen molar-refractivity contribution in [3.8, 4) is 0 Å². The lowest BCUT2D eigenvalue weighted by atomic mass is 10.2. The minimum absolute atomic E-state index is 0.0292. The summed E-state index contributed by atoms with van der Waals surface area (Å²) in [4.78, 5) is 24.2. The van der Waals surface area contributed by atoms with E-state index in [9.17, 15) is 18.0 Å². The summed E-state index contributed by atoms with van der Waals surface area (Å²) in [5.74, 6) is -1.36. The van der Waals surface area contributed by atoms with Crippen LogP contribution in [0, 0.1) is 0 Å². The molecule has 1 aromatic heterocycles. The van der Waals surface area contributed by atoms with E-state index < -0.39 is 28.5 Å². The molecule has 1 amide bonds. The van der Waals surface area contributed by atoms with Gasteiger partial charge in [-0.25, -0.2) is 17.5 Å². The first-order valence-corrected chi connectivity index (χ1v) is 10.2. The normalized spacial score (nSPS) is 11.5. The molecule has 3 rings (SSSR count). The molecular formula is C17H16N4O5S2. The van der Waals surface area contributed by atoms with Crippen molar-refractivity contribution in [1.82, 2.24) is 13.1 Å². The van der Waals surface area contributed by atoms with Crippen molar-refractivity contribution in [2.75, 3.05) is 26.0 Å². The third-order valence-electron chi connectivity index (χ3n) is 3.74. The molecule has 0 spiro atoms. The number of anilines is 1. The van der Waals surface area contributed by atoms with Crippen molar-refractivity contribution in [1.29, 1.82) is 0 Å². The van der Waals surface area contributed by atoms with Gasteiger partial charge >= 0.3 is 5.97 Å². The van der Waals surface area contributed by atoms with Crippen LogP contribution in [0.3, 0.4) is 0 Å². The van der Waals surface area contributed by atoms with Gasteiger partial charge in [-0.05, 0) is 30.3 Å². The first kappa shape index (κ1) is 19.9. The Hall–Kier alpha value is -2.89. The summed E-state index contributed by atoms with van der Waals surface area (Å²) >= 11 is 1.03. The number of benzene rings is 2. The molecule has 9 nitrogen and oxygen atoms in total. The summed E-state index contributed by atoms with van der Waals surface area (Å²) in [6, 6.07) is 10.6. The molecule has 1 N–H and O–H groups in total. The SMILES string of the molecule is CN(C)S(=O)(=O)c1cccc(C(=O)OCC(=O)Nc2cccc3nsnc23)c1. The number of aromatic nitrogens is 2. The van der Waals surface area contributed by atoms with E-state index in [1.54, 1.807) is 18.2 Å². The van der Waals surface area contributed by atoms with Gasteiger partial charge in [0, 0.05) is 14.1 Å². The summed E-state index contributed by atoms with van der Waals surface area (Å²) in [5.41, 5.74) is 1.69. The second kappa shape index (κ2) is 8.00. The third kappa shape index (κ3) is 4.16. The zero-order valence-corrected chi connectivity index (χ0v) is 16.6. The monoisotopic (exact) mass is 420 g/mol. The van der Waals surface area contributed by atoms with Crippen LogP contribution in [-0.4, -0.2) is 54.0 Å². The number of nitrogens with one attached hydrogen (secondary N) is 1. The van der Waals surface area contributed by atoms with Crippen LogP contribution in [0.5, 0.6) is 0 Å². The fraction of sp³-hybridized carbons (Fsp3) is 0.176. The standard InChI is InChI=1S/C17H16N4O5S2/c1-21(2)28(24,25)12-6-3-5-11(9-12)17(23)26-10-15(22)18-13-7-4-8-14-16(13)20-27-19-14/h3-9H,10H2,1-2H3,(H,18,22). The number of hydrogen-bond acceptors (Lipinski definition) is 8. The van der Waals surface area contributed by atoms with E-state index in [-0.39, 0.29) is 10.5 Å². The second-order valence-electron chi connectivity index (χ2n) is 5.88. The van der Waals surface area contributed by atoms with Crippen molar-refractivity contribution in [2.24, 2.45) is 0 Å². The highest BCUT2D eigenvalue weighted by Gasteiger charge is 2.19. The van der Waals surface area contributed by atoms with Crippen LogP contribution in [-0.2, 0) is 19.6 Å². The van der Waals surface area contributed by atoms with Crippen molar-refractivity contribution in [3.63, 3.8) is 0 Å². The van der Waals surface area contributed by atoms with Gasteiger partial charge in [-0.15, -0.1) is 0 Å². The van der Waals surface area contributed by atoms with Gasteiger partial charge in [0.05, 0.1) is 27.9 Å². The van der Waals surface area contributed by atoms with Crippen LogP contribution in [0.1, 0.15) is 10.4 Å². The van der Waals surface area contributed by atoms with Gasteiger partial charge < -0.3 is 10.1 Å². The Bertz CT molecular complexity index is 1140. The van der Waals surface area contributed by atoms with Crippen LogP contribution in [0.2, 0.25) is 0 Å². The summed E-state index contributed by atoms with van der Waals surface area (Å²) < 4.78 is 38.5. The van der Waals surface area contributed by atoms with E-state index in [1.165, 1.54) is 38.4 Å². The fourth-order valence-corrected chi connectivity index (χ4v) is 3.80. The molecule has 0 fully saturated rings. The number of sulfonamides is 1. The Morgan fingerprint density at radius 2 is 1.89 bits per heavy atom. The molecule has 0 aliphatic rings. The fourth-order valence-electron chi connectivity index (χ4n) is 2.30. The Morgan fingerprint density at radius 1 is 1.14 bits per heavy atom. The maximum atomic E-state index is 12.2. The van der Waals surface area contributed by atoms with Crippen molar-refractivity contribution < 1.29 is 22.7 Å². The van der Waals surface area contributed by atoms with Crippen LogP contribution in [0.15, 0.2) is 47.4 Å².